The summed E-state index contributed by atoms with van der Waals surface area (Å²) in [7, 11) is 0. The molecule has 0 aliphatic rings. The number of amides is 1. The molecule has 5 N–H and O–H groups in total. The van der Waals surface area contributed by atoms with Crippen LogP contribution in [0.4, 0.5) is 0 Å². The molecule has 0 aliphatic carbocycles. The molecule has 0 saturated carbocycles. The van der Waals surface area contributed by atoms with Gasteiger partial charge in [0, 0.05) is 13.1 Å². The fourth-order valence-electron chi connectivity index (χ4n) is 0.733. The molecule has 0 unspecified atom stereocenters. The largest absolute Gasteiger partial charge is 0.370 e. The zero-order valence-electron chi connectivity index (χ0n) is 8.17. The van der Waals surface area contributed by atoms with Gasteiger partial charge in [-0.15, -0.1) is 12.4 Å². The van der Waals surface area contributed by atoms with Crippen LogP contribution < -0.4 is 16.4 Å². The Morgan fingerprint density at radius 1 is 1.43 bits per heavy atom. The van der Waals surface area contributed by atoms with Crippen LogP contribution in [0.15, 0.2) is 12.2 Å². The van der Waals surface area contributed by atoms with Crippen LogP contribution in [0.2, 0.25) is 0 Å². The maximum absolute atomic E-state index is 10.9. The Balaban J connectivity index is 0. The fraction of sp³-hybridized carbons (Fsp3) is 0.500. The molecule has 0 aromatic rings. The van der Waals surface area contributed by atoms with Crippen LogP contribution in [0.3, 0.4) is 0 Å². The van der Waals surface area contributed by atoms with E-state index in [0.29, 0.717) is 13.1 Å². The minimum absolute atomic E-state index is 0. The van der Waals surface area contributed by atoms with Gasteiger partial charge in [0.05, 0.1) is 0 Å². The van der Waals surface area contributed by atoms with Crippen molar-refractivity contribution in [2.24, 2.45) is 5.73 Å². The number of carbonyl (C=O) groups is 1. The molecule has 0 fully saturated rings. The normalized spacial score (nSPS) is 9.21. The second-order valence-corrected chi connectivity index (χ2v) is 2.49. The molecule has 0 atom stereocenters. The predicted molar refractivity (Wildman–Crippen MR) is 59.6 cm³/mol. The van der Waals surface area contributed by atoms with Crippen molar-refractivity contribution in [2.45, 2.75) is 13.3 Å². The first-order chi connectivity index (χ1) is 6.16. The van der Waals surface area contributed by atoms with Crippen molar-refractivity contribution in [3.05, 3.63) is 12.2 Å². The molecule has 0 bridgehead atoms. The van der Waals surface area contributed by atoms with E-state index in [1.165, 1.54) is 6.08 Å². The lowest BCUT2D eigenvalue weighted by Crippen LogP contribution is -2.33. The highest BCUT2D eigenvalue weighted by Crippen LogP contribution is 1.75. The van der Waals surface area contributed by atoms with Gasteiger partial charge in [-0.2, -0.15) is 0 Å². The van der Waals surface area contributed by atoms with Crippen molar-refractivity contribution in [2.75, 3.05) is 13.1 Å². The second kappa shape index (κ2) is 9.85. The average molecular weight is 221 g/mol. The van der Waals surface area contributed by atoms with E-state index in [9.17, 15) is 4.79 Å². The summed E-state index contributed by atoms with van der Waals surface area (Å²) in [6.45, 7) is 2.98. The van der Waals surface area contributed by atoms with E-state index in [2.05, 4.69) is 10.6 Å². The van der Waals surface area contributed by atoms with E-state index in [0.717, 1.165) is 6.42 Å². The fourth-order valence-corrected chi connectivity index (χ4v) is 0.733. The third kappa shape index (κ3) is 10.8. The van der Waals surface area contributed by atoms with Gasteiger partial charge in [-0.3, -0.25) is 10.2 Å². The summed E-state index contributed by atoms with van der Waals surface area (Å²) in [5.74, 6) is -0.134. The molecule has 0 heterocycles. The predicted octanol–water partition coefficient (Wildman–Crippen LogP) is -0.0263. The Labute approximate surface area is 90.0 Å². The smallest absolute Gasteiger partial charge is 0.243 e. The van der Waals surface area contributed by atoms with E-state index in [-0.39, 0.29) is 24.3 Å². The van der Waals surface area contributed by atoms with Gasteiger partial charge < -0.3 is 16.4 Å². The summed E-state index contributed by atoms with van der Waals surface area (Å²) in [5, 5.41) is 12.2. The molecule has 14 heavy (non-hydrogen) atoms. The number of allylic oxidation sites excluding steroid dienone is 1. The van der Waals surface area contributed by atoms with E-state index in [4.69, 9.17) is 11.1 Å². The van der Waals surface area contributed by atoms with Gasteiger partial charge in [0.25, 0.3) is 0 Å². The molecule has 0 aromatic heterocycles. The number of carbonyl (C=O) groups excluding carboxylic acids is 1. The number of nitrogens with one attached hydrogen (secondary N) is 3. The van der Waals surface area contributed by atoms with Gasteiger partial charge in [-0.1, -0.05) is 6.08 Å². The van der Waals surface area contributed by atoms with Gasteiger partial charge in [-0.05, 0) is 19.4 Å². The Hall–Kier alpha value is -1.23. The average Bonchev–Trinajstić information content (AvgIpc) is 2.03. The third-order valence-corrected chi connectivity index (χ3v) is 1.29. The Morgan fingerprint density at radius 3 is 2.50 bits per heavy atom. The van der Waals surface area contributed by atoms with Crippen LogP contribution in [0.25, 0.3) is 0 Å². The highest BCUT2D eigenvalue weighted by Gasteiger charge is 1.92. The molecule has 6 heteroatoms. The molecular weight excluding hydrogens is 204 g/mol. The first-order valence-corrected chi connectivity index (χ1v) is 4.15. The number of rotatable bonds is 5. The van der Waals surface area contributed by atoms with E-state index in [1.54, 1.807) is 13.0 Å². The number of halogens is 1. The van der Waals surface area contributed by atoms with Crippen LogP contribution in [-0.4, -0.2) is 25.0 Å². The molecule has 82 valence electrons. The first kappa shape index (κ1) is 15.3. The molecular formula is C8H17ClN4O. The topological polar surface area (TPSA) is 91.0 Å². The minimum atomic E-state index is -0.0923. The number of nitrogens with two attached hydrogens (primary N) is 1. The van der Waals surface area contributed by atoms with Crippen molar-refractivity contribution >= 4 is 24.3 Å². The Morgan fingerprint density at radius 2 is 2.00 bits per heavy atom. The van der Waals surface area contributed by atoms with Gasteiger partial charge in [0.2, 0.25) is 5.91 Å². The van der Waals surface area contributed by atoms with Crippen LogP contribution >= 0.6 is 12.4 Å². The monoisotopic (exact) mass is 220 g/mol. The maximum atomic E-state index is 10.9. The Bertz CT molecular complexity index is 206. The van der Waals surface area contributed by atoms with Gasteiger partial charge in [0.1, 0.15) is 0 Å². The SMILES string of the molecule is CC=CC(=O)NCCCNC(=N)N.Cl. The summed E-state index contributed by atoms with van der Waals surface area (Å²) < 4.78 is 0. The van der Waals surface area contributed by atoms with Crippen molar-refractivity contribution in [3.8, 4) is 0 Å². The summed E-state index contributed by atoms with van der Waals surface area (Å²) in [6, 6.07) is 0. The number of hydrogen-bond acceptors (Lipinski definition) is 2. The van der Waals surface area contributed by atoms with E-state index in [1.807, 2.05) is 0 Å². The lowest BCUT2D eigenvalue weighted by molar-refractivity contribution is -0.116. The highest BCUT2D eigenvalue weighted by molar-refractivity contribution is 5.87. The zero-order valence-corrected chi connectivity index (χ0v) is 8.99. The van der Waals surface area contributed by atoms with Crippen molar-refractivity contribution < 1.29 is 4.79 Å². The number of hydrogen-bond donors (Lipinski definition) is 4. The van der Waals surface area contributed by atoms with Crippen LogP contribution in [-0.2, 0) is 4.79 Å². The molecule has 5 nitrogen and oxygen atoms in total. The van der Waals surface area contributed by atoms with Crippen molar-refractivity contribution in [1.82, 2.24) is 10.6 Å². The van der Waals surface area contributed by atoms with Crippen LogP contribution in [0.1, 0.15) is 13.3 Å². The van der Waals surface area contributed by atoms with E-state index >= 15 is 0 Å². The first-order valence-electron chi connectivity index (χ1n) is 4.15. The van der Waals surface area contributed by atoms with Crippen molar-refractivity contribution in [3.63, 3.8) is 0 Å². The molecule has 0 radical (unpaired) electrons. The lowest BCUT2D eigenvalue weighted by atomic mass is 10.4. The lowest BCUT2D eigenvalue weighted by Gasteiger charge is -2.03. The standard InChI is InChI=1S/C8H16N4O.ClH/c1-2-4-7(13)11-5-3-6-12-8(9)10;/h2,4H,3,5-6H2,1H3,(H,11,13)(H4,9,10,12);1H. The molecule has 0 aromatic carbocycles. The van der Waals surface area contributed by atoms with Crippen molar-refractivity contribution in [1.29, 1.82) is 5.41 Å². The van der Waals surface area contributed by atoms with Crippen LogP contribution in [0.5, 0.6) is 0 Å². The van der Waals surface area contributed by atoms with Gasteiger partial charge in [0.15, 0.2) is 5.96 Å². The highest BCUT2D eigenvalue weighted by atomic mass is 35.5. The molecule has 0 saturated heterocycles. The molecule has 1 amide bonds. The zero-order chi connectivity index (χ0) is 10.1. The van der Waals surface area contributed by atoms with Gasteiger partial charge >= 0.3 is 0 Å². The summed E-state index contributed by atoms with van der Waals surface area (Å²) in [4.78, 5) is 10.9. The maximum Gasteiger partial charge on any atom is 0.243 e. The third-order valence-electron chi connectivity index (χ3n) is 1.29. The van der Waals surface area contributed by atoms with E-state index < -0.39 is 0 Å². The summed E-state index contributed by atoms with van der Waals surface area (Å²) in [6.07, 6.45) is 3.91. The van der Waals surface area contributed by atoms with Gasteiger partial charge in [-0.25, -0.2) is 0 Å². The quantitative estimate of drug-likeness (QED) is 0.227. The number of guanidine groups is 1. The summed E-state index contributed by atoms with van der Waals surface area (Å²) in [5.41, 5.74) is 5.06. The Kier molecular flexibility index (Phi) is 10.7. The second-order valence-electron chi connectivity index (χ2n) is 2.49. The molecule has 0 spiro atoms. The molecule has 0 rings (SSSR count). The molecule has 0 aliphatic heterocycles. The van der Waals surface area contributed by atoms with Crippen LogP contribution in [0, 0.1) is 5.41 Å². The minimum Gasteiger partial charge on any atom is -0.370 e. The summed E-state index contributed by atoms with van der Waals surface area (Å²) >= 11 is 0.